The van der Waals surface area contributed by atoms with Crippen molar-refractivity contribution in [1.29, 1.82) is 0 Å². The van der Waals surface area contributed by atoms with Gasteiger partial charge in [0.1, 0.15) is 22.7 Å². The molecule has 0 unspecified atom stereocenters. The first-order chi connectivity index (χ1) is 15.3. The van der Waals surface area contributed by atoms with E-state index in [0.29, 0.717) is 32.7 Å². The summed E-state index contributed by atoms with van der Waals surface area (Å²) in [4.78, 5) is 19.8. The van der Waals surface area contributed by atoms with Crippen LogP contribution in [0.15, 0.2) is 30.5 Å². The summed E-state index contributed by atoms with van der Waals surface area (Å²) >= 11 is 18.7. The van der Waals surface area contributed by atoms with Crippen molar-refractivity contribution in [1.82, 2.24) is 9.88 Å². The first-order valence-electron chi connectivity index (χ1n) is 10.8. The predicted molar refractivity (Wildman–Crippen MR) is 127 cm³/mol. The second-order valence-electron chi connectivity index (χ2n) is 8.60. The third-order valence-corrected chi connectivity index (χ3v) is 7.16. The second-order valence-corrected chi connectivity index (χ2v) is 9.85. The van der Waals surface area contributed by atoms with Crippen LogP contribution >= 0.6 is 34.8 Å². The van der Waals surface area contributed by atoms with Gasteiger partial charge in [-0.2, -0.15) is 0 Å². The number of carbonyl (C=O) groups is 1. The number of benzene rings is 1. The number of rotatable bonds is 7. The number of anilines is 1. The van der Waals surface area contributed by atoms with Crippen molar-refractivity contribution in [2.24, 2.45) is 11.8 Å². The van der Waals surface area contributed by atoms with E-state index >= 15 is 0 Å². The van der Waals surface area contributed by atoms with Gasteiger partial charge in [-0.1, -0.05) is 40.9 Å². The number of aromatic nitrogens is 1. The maximum absolute atomic E-state index is 11.0. The molecule has 2 fully saturated rings. The van der Waals surface area contributed by atoms with Crippen molar-refractivity contribution >= 4 is 46.6 Å². The van der Waals surface area contributed by atoms with Crippen LogP contribution in [0, 0.1) is 11.8 Å². The number of likely N-dealkylation sites (tertiary alicyclic amines) is 1. The minimum absolute atomic E-state index is 0.127. The first-order valence-corrected chi connectivity index (χ1v) is 11.9. The van der Waals surface area contributed by atoms with Crippen LogP contribution in [0.5, 0.6) is 5.75 Å². The normalized spacial score (nSPS) is 20.6. The molecule has 4 rings (SSSR count). The highest BCUT2D eigenvalue weighted by Crippen LogP contribution is 2.37. The van der Waals surface area contributed by atoms with E-state index < -0.39 is 5.97 Å². The van der Waals surface area contributed by atoms with Crippen LogP contribution in [-0.2, 0) is 4.79 Å². The zero-order valence-electron chi connectivity index (χ0n) is 17.8. The minimum Gasteiger partial charge on any atom is -0.484 e. The largest absolute Gasteiger partial charge is 0.484 e. The molecule has 2 saturated heterocycles. The fourth-order valence-electron chi connectivity index (χ4n) is 4.57. The van der Waals surface area contributed by atoms with E-state index in [4.69, 9.17) is 44.6 Å². The number of piperidine rings is 1. The summed E-state index contributed by atoms with van der Waals surface area (Å²) in [6.45, 7) is 5.57. The van der Waals surface area contributed by atoms with E-state index in [0.717, 1.165) is 50.4 Å². The Morgan fingerprint density at radius 3 is 2.69 bits per heavy atom. The second kappa shape index (κ2) is 10.0. The van der Waals surface area contributed by atoms with Crippen molar-refractivity contribution in [3.8, 4) is 5.75 Å². The number of hydrogen-bond acceptors (Lipinski definition) is 5. The van der Waals surface area contributed by atoms with Gasteiger partial charge in [-0.3, -0.25) is 9.69 Å². The lowest BCUT2D eigenvalue weighted by atomic mass is 9.80. The number of nitrogens with zero attached hydrogens (tertiary/aromatic N) is 3. The van der Waals surface area contributed by atoms with Crippen molar-refractivity contribution < 1.29 is 14.6 Å². The highest BCUT2D eigenvalue weighted by molar-refractivity contribution is 6.35. The summed E-state index contributed by atoms with van der Waals surface area (Å²) in [6.07, 6.45) is 3.51. The highest BCUT2D eigenvalue weighted by atomic mass is 35.5. The van der Waals surface area contributed by atoms with Crippen LogP contribution in [0.25, 0.3) is 0 Å². The monoisotopic (exact) mass is 497 g/mol. The van der Waals surface area contributed by atoms with Gasteiger partial charge in [0, 0.05) is 41.3 Å². The molecule has 0 bridgehead atoms. The zero-order valence-corrected chi connectivity index (χ0v) is 20.1. The molecule has 2 atom stereocenters. The molecule has 0 spiro atoms. The molecule has 9 heteroatoms. The fraction of sp³-hybridized carbons (Fsp3) is 0.478. The molecule has 3 heterocycles. The van der Waals surface area contributed by atoms with E-state index in [1.54, 1.807) is 18.3 Å². The van der Waals surface area contributed by atoms with E-state index in [9.17, 15) is 4.79 Å². The van der Waals surface area contributed by atoms with Crippen molar-refractivity contribution in [2.45, 2.75) is 25.9 Å². The third kappa shape index (κ3) is 5.42. The Hall–Kier alpha value is -1.73. The maximum atomic E-state index is 11.0. The van der Waals surface area contributed by atoms with Gasteiger partial charge in [-0.15, -0.1) is 0 Å². The Morgan fingerprint density at radius 1 is 1.19 bits per heavy atom. The van der Waals surface area contributed by atoms with Gasteiger partial charge in [-0.25, -0.2) is 4.98 Å². The molecule has 6 nitrogen and oxygen atoms in total. The Kier molecular flexibility index (Phi) is 7.35. The summed E-state index contributed by atoms with van der Waals surface area (Å²) in [5.74, 6) is 1.69. The van der Waals surface area contributed by atoms with Crippen molar-refractivity contribution in [3.63, 3.8) is 0 Å². The number of hydrogen-bond donors (Lipinski definition) is 1. The lowest BCUT2D eigenvalue weighted by Gasteiger charge is -2.47. The molecule has 172 valence electrons. The van der Waals surface area contributed by atoms with Crippen LogP contribution in [0.1, 0.15) is 31.4 Å². The van der Waals surface area contributed by atoms with Crippen LogP contribution < -0.4 is 9.64 Å². The number of carboxylic acid groups (broad SMARTS) is 1. The lowest BCUT2D eigenvalue weighted by molar-refractivity contribution is -0.138. The Morgan fingerprint density at radius 2 is 1.97 bits per heavy atom. The third-order valence-electron chi connectivity index (χ3n) is 6.31. The van der Waals surface area contributed by atoms with Gasteiger partial charge in [0.25, 0.3) is 0 Å². The molecule has 32 heavy (non-hydrogen) atoms. The van der Waals surface area contributed by atoms with Crippen LogP contribution in [0.4, 0.5) is 5.82 Å². The summed E-state index contributed by atoms with van der Waals surface area (Å²) < 4.78 is 6.12. The van der Waals surface area contributed by atoms with Crippen molar-refractivity contribution in [3.05, 3.63) is 51.1 Å². The number of pyridine rings is 1. The first kappa shape index (κ1) is 23.4. The average molecular weight is 499 g/mol. The quantitative estimate of drug-likeness (QED) is 0.550. The molecule has 0 radical (unpaired) electrons. The molecule has 2 aliphatic rings. The topological polar surface area (TPSA) is 65.9 Å². The number of carboxylic acids is 1. The molecular weight excluding hydrogens is 473 g/mol. The molecule has 1 aromatic carbocycles. The van der Waals surface area contributed by atoms with E-state index in [-0.39, 0.29) is 12.6 Å². The van der Waals surface area contributed by atoms with Gasteiger partial charge in [-0.05, 0) is 50.3 Å². The SMILES string of the molecule is C[C@@H](Oc1cc(N2CC([C@H]3CCCN(CC(=O)O)C3)C2)ncc1Cl)c1ccc(Cl)cc1Cl. The van der Waals surface area contributed by atoms with Crippen molar-refractivity contribution in [2.75, 3.05) is 37.6 Å². The van der Waals surface area contributed by atoms with Crippen LogP contribution in [0.2, 0.25) is 15.1 Å². The molecule has 0 aliphatic carbocycles. The number of ether oxygens (including phenoxy) is 1. The van der Waals surface area contributed by atoms with Gasteiger partial charge >= 0.3 is 5.97 Å². The molecular formula is C23H26Cl3N3O3. The summed E-state index contributed by atoms with van der Waals surface area (Å²) in [7, 11) is 0. The Balaban J connectivity index is 1.38. The van der Waals surface area contributed by atoms with E-state index in [1.807, 2.05) is 19.1 Å². The lowest BCUT2D eigenvalue weighted by Crippen LogP contribution is -2.54. The highest BCUT2D eigenvalue weighted by Gasteiger charge is 2.36. The smallest absolute Gasteiger partial charge is 0.317 e. The molecule has 1 N–H and O–H groups in total. The molecule has 2 aliphatic heterocycles. The predicted octanol–water partition coefficient (Wildman–Crippen LogP) is 5.41. The average Bonchev–Trinajstić information content (AvgIpc) is 2.69. The van der Waals surface area contributed by atoms with Gasteiger partial charge < -0.3 is 14.7 Å². The minimum atomic E-state index is -0.757. The van der Waals surface area contributed by atoms with E-state index in [2.05, 4.69) is 14.8 Å². The standard InChI is InChI=1S/C23H26Cl3N3O3/c1-14(18-5-4-17(24)7-19(18)25)32-21-8-22(27-9-20(21)26)29-11-16(12-29)15-3-2-6-28(10-15)13-23(30)31/h4-5,7-9,14-16H,2-3,6,10-13H2,1H3,(H,30,31)/t14-,15+/m1/s1. The molecule has 0 saturated carbocycles. The fourth-order valence-corrected chi connectivity index (χ4v) is 5.28. The summed E-state index contributed by atoms with van der Waals surface area (Å²) in [6, 6.07) is 7.20. The van der Waals surface area contributed by atoms with Gasteiger partial charge in [0.15, 0.2) is 0 Å². The maximum Gasteiger partial charge on any atom is 0.317 e. The number of halogens is 3. The van der Waals surface area contributed by atoms with Crippen LogP contribution in [0.3, 0.4) is 0 Å². The molecule has 0 amide bonds. The zero-order chi connectivity index (χ0) is 22.8. The Labute approximate surface area is 203 Å². The Bertz CT molecular complexity index is 984. The molecule has 2 aromatic rings. The number of aliphatic carboxylic acids is 1. The summed E-state index contributed by atoms with van der Waals surface area (Å²) in [5, 5.41) is 10.6. The van der Waals surface area contributed by atoms with E-state index in [1.165, 1.54) is 0 Å². The molecule has 1 aromatic heterocycles. The summed E-state index contributed by atoms with van der Waals surface area (Å²) in [5.41, 5.74) is 0.831. The van der Waals surface area contributed by atoms with Gasteiger partial charge in [0.05, 0.1) is 12.7 Å². The van der Waals surface area contributed by atoms with Gasteiger partial charge in [0.2, 0.25) is 0 Å². The van der Waals surface area contributed by atoms with Crippen LogP contribution in [-0.4, -0.2) is 53.7 Å².